The fraction of sp³-hybridized carbons (Fsp3) is 0.350. The SMILES string of the molecule is Cn1c(CN2CCN(Cc3c(F)cccc3Cl)CC2)nc2ccccc21. The number of para-hydroxylation sites is 2. The molecule has 0 spiro atoms. The molecule has 1 saturated heterocycles. The van der Waals surface area contributed by atoms with Gasteiger partial charge in [-0.2, -0.15) is 0 Å². The Kier molecular flexibility index (Phi) is 4.94. The van der Waals surface area contributed by atoms with Gasteiger partial charge in [0, 0.05) is 50.4 Å². The number of aromatic nitrogens is 2. The predicted octanol–water partition coefficient (Wildman–Crippen LogP) is 3.68. The average molecular weight is 373 g/mol. The summed E-state index contributed by atoms with van der Waals surface area (Å²) in [5.41, 5.74) is 2.80. The van der Waals surface area contributed by atoms with Gasteiger partial charge >= 0.3 is 0 Å². The third kappa shape index (κ3) is 3.47. The van der Waals surface area contributed by atoms with Crippen LogP contribution in [-0.2, 0) is 20.1 Å². The third-order valence-corrected chi connectivity index (χ3v) is 5.51. The van der Waals surface area contributed by atoms with E-state index in [2.05, 4.69) is 33.5 Å². The Hall–Kier alpha value is -1.95. The van der Waals surface area contributed by atoms with Crippen LogP contribution in [0, 0.1) is 5.82 Å². The van der Waals surface area contributed by atoms with Crippen LogP contribution in [0.2, 0.25) is 5.02 Å². The lowest BCUT2D eigenvalue weighted by Crippen LogP contribution is -2.45. The van der Waals surface area contributed by atoms with Crippen molar-refractivity contribution in [1.29, 1.82) is 0 Å². The fourth-order valence-electron chi connectivity index (χ4n) is 3.55. The van der Waals surface area contributed by atoms with E-state index < -0.39 is 0 Å². The molecule has 0 bridgehead atoms. The van der Waals surface area contributed by atoms with Crippen molar-refractivity contribution in [3.63, 3.8) is 0 Å². The van der Waals surface area contributed by atoms with Gasteiger partial charge in [0.15, 0.2) is 0 Å². The van der Waals surface area contributed by atoms with E-state index in [1.807, 2.05) is 12.1 Å². The lowest BCUT2D eigenvalue weighted by molar-refractivity contribution is 0.118. The van der Waals surface area contributed by atoms with Gasteiger partial charge in [0.05, 0.1) is 17.6 Å². The minimum Gasteiger partial charge on any atom is -0.330 e. The maximum absolute atomic E-state index is 14.0. The molecule has 136 valence electrons. The van der Waals surface area contributed by atoms with Crippen molar-refractivity contribution in [3.05, 3.63) is 64.7 Å². The molecule has 0 radical (unpaired) electrons. The highest BCUT2D eigenvalue weighted by molar-refractivity contribution is 6.31. The maximum Gasteiger partial charge on any atom is 0.129 e. The van der Waals surface area contributed by atoms with Gasteiger partial charge in [0.1, 0.15) is 11.6 Å². The smallest absolute Gasteiger partial charge is 0.129 e. The normalized spacial score (nSPS) is 16.4. The predicted molar refractivity (Wildman–Crippen MR) is 103 cm³/mol. The summed E-state index contributed by atoms with van der Waals surface area (Å²) in [6, 6.07) is 13.1. The van der Waals surface area contributed by atoms with Crippen molar-refractivity contribution in [2.45, 2.75) is 13.1 Å². The van der Waals surface area contributed by atoms with E-state index in [0.29, 0.717) is 17.1 Å². The van der Waals surface area contributed by atoms with Gasteiger partial charge in [-0.25, -0.2) is 9.37 Å². The van der Waals surface area contributed by atoms with E-state index in [1.54, 1.807) is 12.1 Å². The maximum atomic E-state index is 14.0. The molecule has 4 nitrogen and oxygen atoms in total. The first-order chi connectivity index (χ1) is 12.6. The van der Waals surface area contributed by atoms with Crippen molar-refractivity contribution in [1.82, 2.24) is 19.4 Å². The van der Waals surface area contributed by atoms with Crippen LogP contribution in [-0.4, -0.2) is 45.5 Å². The minimum atomic E-state index is -0.223. The number of rotatable bonds is 4. The number of piperazine rings is 1. The monoisotopic (exact) mass is 372 g/mol. The molecule has 2 aromatic carbocycles. The van der Waals surface area contributed by atoms with Gasteiger partial charge in [0.25, 0.3) is 0 Å². The van der Waals surface area contributed by atoms with Crippen molar-refractivity contribution in [3.8, 4) is 0 Å². The van der Waals surface area contributed by atoms with Gasteiger partial charge in [-0.3, -0.25) is 9.80 Å². The number of nitrogens with zero attached hydrogens (tertiary/aromatic N) is 4. The molecule has 1 aliphatic rings. The second-order valence-corrected chi connectivity index (χ2v) is 7.24. The summed E-state index contributed by atoms with van der Waals surface area (Å²) in [5, 5.41) is 0.507. The van der Waals surface area contributed by atoms with Crippen LogP contribution in [0.5, 0.6) is 0 Å². The highest BCUT2D eigenvalue weighted by Gasteiger charge is 2.20. The van der Waals surface area contributed by atoms with Crippen LogP contribution in [0.3, 0.4) is 0 Å². The summed E-state index contributed by atoms with van der Waals surface area (Å²) in [7, 11) is 2.07. The number of imidazole rings is 1. The first-order valence-electron chi connectivity index (χ1n) is 8.90. The highest BCUT2D eigenvalue weighted by atomic mass is 35.5. The Morgan fingerprint density at radius 1 is 0.962 bits per heavy atom. The molecule has 26 heavy (non-hydrogen) atoms. The fourth-order valence-corrected chi connectivity index (χ4v) is 3.77. The summed E-state index contributed by atoms with van der Waals surface area (Å²) in [4.78, 5) is 9.42. The van der Waals surface area contributed by atoms with E-state index in [1.165, 1.54) is 6.07 Å². The highest BCUT2D eigenvalue weighted by Crippen LogP contribution is 2.22. The Balaban J connectivity index is 1.38. The summed E-state index contributed by atoms with van der Waals surface area (Å²) in [6.45, 7) is 5.07. The van der Waals surface area contributed by atoms with Crippen LogP contribution in [0.4, 0.5) is 4.39 Å². The van der Waals surface area contributed by atoms with E-state index >= 15 is 0 Å². The minimum absolute atomic E-state index is 0.223. The Morgan fingerprint density at radius 3 is 2.35 bits per heavy atom. The molecule has 6 heteroatoms. The standard InChI is InChI=1S/C20H22ClFN4/c1-24-19-8-3-2-7-18(19)23-20(24)14-26-11-9-25(10-12-26)13-15-16(21)5-4-6-17(15)22/h2-8H,9-14H2,1H3. The first kappa shape index (κ1) is 17.5. The van der Waals surface area contributed by atoms with Crippen molar-refractivity contribution in [2.24, 2.45) is 7.05 Å². The molecule has 1 aromatic heterocycles. The molecule has 1 aliphatic heterocycles. The lowest BCUT2D eigenvalue weighted by atomic mass is 10.2. The molecule has 0 N–H and O–H groups in total. The second-order valence-electron chi connectivity index (χ2n) is 6.83. The van der Waals surface area contributed by atoms with E-state index in [-0.39, 0.29) is 5.82 Å². The molecule has 0 atom stereocenters. The largest absolute Gasteiger partial charge is 0.330 e. The van der Waals surface area contributed by atoms with Crippen molar-refractivity contribution >= 4 is 22.6 Å². The zero-order chi connectivity index (χ0) is 18.1. The Morgan fingerprint density at radius 2 is 1.65 bits per heavy atom. The molecule has 4 rings (SSSR count). The summed E-state index contributed by atoms with van der Waals surface area (Å²) in [5.74, 6) is 0.858. The van der Waals surface area contributed by atoms with E-state index in [9.17, 15) is 4.39 Å². The second kappa shape index (κ2) is 7.35. The molecule has 3 aromatic rings. The van der Waals surface area contributed by atoms with Gasteiger partial charge in [-0.15, -0.1) is 0 Å². The molecule has 0 amide bonds. The Labute approximate surface area is 157 Å². The molecule has 0 aliphatic carbocycles. The third-order valence-electron chi connectivity index (χ3n) is 5.15. The lowest BCUT2D eigenvalue weighted by Gasteiger charge is -2.34. The molecule has 2 heterocycles. The van der Waals surface area contributed by atoms with Crippen LogP contribution in [0.25, 0.3) is 11.0 Å². The van der Waals surface area contributed by atoms with Crippen molar-refractivity contribution in [2.75, 3.05) is 26.2 Å². The summed E-state index contributed by atoms with van der Waals surface area (Å²) < 4.78 is 16.2. The zero-order valence-corrected chi connectivity index (χ0v) is 15.6. The number of benzene rings is 2. The van der Waals surface area contributed by atoms with Gasteiger partial charge in [-0.1, -0.05) is 29.8 Å². The van der Waals surface area contributed by atoms with Gasteiger partial charge < -0.3 is 4.57 Å². The Bertz CT molecular complexity index is 895. The molecule has 0 saturated carbocycles. The molecule has 0 unspecified atom stereocenters. The number of halogens is 2. The quantitative estimate of drug-likeness (QED) is 0.698. The van der Waals surface area contributed by atoms with Gasteiger partial charge in [-0.05, 0) is 24.3 Å². The average Bonchev–Trinajstić information content (AvgIpc) is 2.96. The van der Waals surface area contributed by atoms with Gasteiger partial charge in [0.2, 0.25) is 0 Å². The zero-order valence-electron chi connectivity index (χ0n) is 14.8. The first-order valence-corrected chi connectivity index (χ1v) is 9.27. The number of fused-ring (bicyclic) bond motifs is 1. The van der Waals surface area contributed by atoms with E-state index in [0.717, 1.165) is 49.6 Å². The topological polar surface area (TPSA) is 24.3 Å². The van der Waals surface area contributed by atoms with Crippen LogP contribution in [0.15, 0.2) is 42.5 Å². The van der Waals surface area contributed by atoms with Crippen LogP contribution >= 0.6 is 11.6 Å². The van der Waals surface area contributed by atoms with E-state index in [4.69, 9.17) is 16.6 Å². The summed E-state index contributed by atoms with van der Waals surface area (Å²) in [6.07, 6.45) is 0. The number of aryl methyl sites for hydroxylation is 1. The molecular formula is C20H22ClFN4. The number of hydrogen-bond acceptors (Lipinski definition) is 3. The number of hydrogen-bond donors (Lipinski definition) is 0. The van der Waals surface area contributed by atoms with Crippen molar-refractivity contribution < 1.29 is 4.39 Å². The summed E-state index contributed by atoms with van der Waals surface area (Å²) >= 11 is 6.15. The van der Waals surface area contributed by atoms with Crippen LogP contribution in [0.1, 0.15) is 11.4 Å². The molecule has 1 fully saturated rings. The van der Waals surface area contributed by atoms with Crippen LogP contribution < -0.4 is 0 Å². The molecular weight excluding hydrogens is 351 g/mol.